The molecule has 0 unspecified atom stereocenters. The fraction of sp³-hybridized carbons (Fsp3) is 0.250. The maximum atomic E-state index is 8.49. The van der Waals surface area contributed by atoms with Crippen LogP contribution in [0.1, 0.15) is 5.56 Å². The minimum absolute atomic E-state index is 0.444. The number of nitrogens with zero attached hydrogens (tertiary/aromatic N) is 1. The smallest absolute Gasteiger partial charge is 0.119 e. The first-order valence-electron chi connectivity index (χ1n) is 4.71. The molecule has 0 spiro atoms. The van der Waals surface area contributed by atoms with Gasteiger partial charge in [-0.25, -0.2) is 0 Å². The van der Waals surface area contributed by atoms with E-state index in [0.717, 1.165) is 17.1 Å². The monoisotopic (exact) mass is 219 g/mol. The summed E-state index contributed by atoms with van der Waals surface area (Å²) in [4.78, 5) is 0. The van der Waals surface area contributed by atoms with Crippen LogP contribution in [0, 0.1) is 11.3 Å². The molecule has 0 radical (unpaired) electrons. The van der Waals surface area contributed by atoms with Crippen LogP contribution in [-0.4, -0.2) is 12.4 Å². The highest BCUT2D eigenvalue weighted by atomic mass is 32.1. The fourth-order valence-corrected chi connectivity index (χ4v) is 1.23. The van der Waals surface area contributed by atoms with Crippen molar-refractivity contribution in [3.63, 3.8) is 0 Å². The highest BCUT2D eigenvalue weighted by Crippen LogP contribution is 2.12. The Morgan fingerprint density at radius 2 is 2.00 bits per heavy atom. The highest BCUT2D eigenvalue weighted by molar-refractivity contribution is 7.80. The topological polar surface area (TPSA) is 33.0 Å². The Kier molecular flexibility index (Phi) is 5.42. The van der Waals surface area contributed by atoms with Gasteiger partial charge in [0.25, 0.3) is 0 Å². The van der Waals surface area contributed by atoms with Gasteiger partial charge in [0, 0.05) is 5.75 Å². The maximum absolute atomic E-state index is 8.49. The van der Waals surface area contributed by atoms with Crippen molar-refractivity contribution in [2.45, 2.75) is 6.42 Å². The molecule has 0 aliphatic rings. The molecule has 0 fully saturated rings. The zero-order valence-electron chi connectivity index (χ0n) is 8.39. The average molecular weight is 219 g/mol. The van der Waals surface area contributed by atoms with Crippen LogP contribution < -0.4 is 4.74 Å². The predicted molar refractivity (Wildman–Crippen MR) is 64.2 cm³/mol. The summed E-state index contributed by atoms with van der Waals surface area (Å²) in [5.41, 5.74) is 1.01. The third kappa shape index (κ3) is 4.57. The summed E-state index contributed by atoms with van der Waals surface area (Å²) in [6.45, 7) is 0.554. The van der Waals surface area contributed by atoms with Crippen molar-refractivity contribution < 1.29 is 4.74 Å². The van der Waals surface area contributed by atoms with Crippen LogP contribution in [0.5, 0.6) is 5.75 Å². The van der Waals surface area contributed by atoms with Crippen molar-refractivity contribution >= 4 is 12.6 Å². The summed E-state index contributed by atoms with van der Waals surface area (Å²) >= 11 is 4.04. The molecule has 15 heavy (non-hydrogen) atoms. The van der Waals surface area contributed by atoms with E-state index in [4.69, 9.17) is 10.00 Å². The van der Waals surface area contributed by atoms with Crippen LogP contribution >= 0.6 is 12.6 Å². The SMILES string of the molecule is N#CCc1ccc(OCC=CCS)cc1. The molecule has 0 bridgehead atoms. The number of rotatable bonds is 5. The Morgan fingerprint density at radius 1 is 1.27 bits per heavy atom. The molecular formula is C12H13NOS. The first-order valence-corrected chi connectivity index (χ1v) is 5.34. The van der Waals surface area contributed by atoms with Gasteiger partial charge in [-0.1, -0.05) is 24.3 Å². The van der Waals surface area contributed by atoms with Crippen molar-refractivity contribution in [2.24, 2.45) is 0 Å². The van der Waals surface area contributed by atoms with E-state index in [0.29, 0.717) is 13.0 Å². The van der Waals surface area contributed by atoms with E-state index in [1.165, 1.54) is 0 Å². The van der Waals surface area contributed by atoms with Gasteiger partial charge in [-0.05, 0) is 17.7 Å². The van der Waals surface area contributed by atoms with Crippen LogP contribution in [0.4, 0.5) is 0 Å². The zero-order chi connectivity index (χ0) is 10.9. The number of thiol groups is 1. The molecule has 0 aliphatic carbocycles. The number of ether oxygens (including phenoxy) is 1. The fourth-order valence-electron chi connectivity index (χ4n) is 1.08. The molecule has 0 aliphatic heterocycles. The molecule has 1 rings (SSSR count). The van der Waals surface area contributed by atoms with Gasteiger partial charge >= 0.3 is 0 Å². The summed E-state index contributed by atoms with van der Waals surface area (Å²) in [5, 5.41) is 8.49. The lowest BCUT2D eigenvalue weighted by Crippen LogP contribution is -1.93. The Morgan fingerprint density at radius 3 is 2.60 bits per heavy atom. The molecule has 1 aromatic carbocycles. The molecule has 0 aromatic heterocycles. The normalized spacial score (nSPS) is 10.1. The van der Waals surface area contributed by atoms with Gasteiger partial charge in [-0.3, -0.25) is 0 Å². The van der Waals surface area contributed by atoms with Crippen LogP contribution in [0.25, 0.3) is 0 Å². The number of benzene rings is 1. The molecule has 0 N–H and O–H groups in total. The Labute approximate surface area is 95.6 Å². The van der Waals surface area contributed by atoms with Crippen LogP contribution in [-0.2, 0) is 6.42 Å². The van der Waals surface area contributed by atoms with Gasteiger partial charge in [0.1, 0.15) is 12.4 Å². The standard InChI is InChI=1S/C12H13NOS/c13-8-7-11-3-5-12(6-4-11)14-9-1-2-10-15/h1-6,15H,7,9-10H2. The second kappa shape index (κ2) is 6.97. The number of hydrogen-bond acceptors (Lipinski definition) is 3. The first-order chi connectivity index (χ1) is 7.36. The van der Waals surface area contributed by atoms with E-state index in [9.17, 15) is 0 Å². The second-order valence-electron chi connectivity index (χ2n) is 2.94. The van der Waals surface area contributed by atoms with Crippen LogP contribution in [0.3, 0.4) is 0 Å². The average Bonchev–Trinajstić information content (AvgIpc) is 2.27. The lowest BCUT2D eigenvalue weighted by atomic mass is 10.2. The summed E-state index contributed by atoms with van der Waals surface area (Å²) < 4.78 is 5.44. The number of nitriles is 1. The van der Waals surface area contributed by atoms with Crippen molar-refractivity contribution in [1.82, 2.24) is 0 Å². The quantitative estimate of drug-likeness (QED) is 0.610. The molecule has 0 saturated carbocycles. The van der Waals surface area contributed by atoms with Gasteiger partial charge in [0.05, 0.1) is 12.5 Å². The molecule has 78 valence electrons. The van der Waals surface area contributed by atoms with E-state index in [1.54, 1.807) is 0 Å². The Bertz CT molecular complexity index is 351. The molecule has 0 atom stereocenters. The molecule has 1 aromatic rings. The second-order valence-corrected chi connectivity index (χ2v) is 3.31. The summed E-state index contributed by atoms with van der Waals surface area (Å²) in [7, 11) is 0. The van der Waals surface area contributed by atoms with Crippen molar-refractivity contribution in [1.29, 1.82) is 5.26 Å². The molecule has 0 saturated heterocycles. The zero-order valence-corrected chi connectivity index (χ0v) is 9.28. The van der Waals surface area contributed by atoms with E-state index >= 15 is 0 Å². The maximum Gasteiger partial charge on any atom is 0.119 e. The molecule has 0 heterocycles. The third-order valence-electron chi connectivity index (χ3n) is 1.82. The van der Waals surface area contributed by atoms with Gasteiger partial charge in [-0.15, -0.1) is 0 Å². The van der Waals surface area contributed by atoms with Crippen molar-refractivity contribution in [3.05, 3.63) is 42.0 Å². The van der Waals surface area contributed by atoms with Crippen LogP contribution in [0.2, 0.25) is 0 Å². The first kappa shape index (κ1) is 11.7. The summed E-state index contributed by atoms with van der Waals surface area (Å²) in [6.07, 6.45) is 4.31. The third-order valence-corrected chi connectivity index (χ3v) is 2.04. The summed E-state index contributed by atoms with van der Waals surface area (Å²) in [6, 6.07) is 9.66. The van der Waals surface area contributed by atoms with E-state index < -0.39 is 0 Å². The number of hydrogen-bond donors (Lipinski definition) is 1. The van der Waals surface area contributed by atoms with Crippen molar-refractivity contribution in [2.75, 3.05) is 12.4 Å². The predicted octanol–water partition coefficient (Wildman–Crippen LogP) is 2.62. The van der Waals surface area contributed by atoms with Gasteiger partial charge in [0.2, 0.25) is 0 Å². The molecule has 0 amide bonds. The van der Waals surface area contributed by atoms with Gasteiger partial charge in [-0.2, -0.15) is 17.9 Å². The Balaban J connectivity index is 2.43. The minimum atomic E-state index is 0.444. The molecule has 3 heteroatoms. The Hall–Kier alpha value is -1.40. The molecule has 2 nitrogen and oxygen atoms in total. The lowest BCUT2D eigenvalue weighted by molar-refractivity contribution is 0.362. The van der Waals surface area contributed by atoms with Crippen LogP contribution in [0.15, 0.2) is 36.4 Å². The van der Waals surface area contributed by atoms with Gasteiger partial charge < -0.3 is 4.74 Å². The van der Waals surface area contributed by atoms with Gasteiger partial charge in [0.15, 0.2) is 0 Å². The van der Waals surface area contributed by atoms with E-state index in [2.05, 4.69) is 18.7 Å². The highest BCUT2D eigenvalue weighted by Gasteiger charge is 1.93. The van der Waals surface area contributed by atoms with E-state index in [-0.39, 0.29) is 0 Å². The summed E-state index contributed by atoms with van der Waals surface area (Å²) in [5.74, 6) is 1.55. The largest absolute Gasteiger partial charge is 0.490 e. The van der Waals surface area contributed by atoms with E-state index in [1.807, 2.05) is 36.4 Å². The minimum Gasteiger partial charge on any atom is -0.490 e. The molecular weight excluding hydrogens is 206 g/mol. The van der Waals surface area contributed by atoms with Crippen molar-refractivity contribution in [3.8, 4) is 11.8 Å². The lowest BCUT2D eigenvalue weighted by Gasteiger charge is -2.03.